The fourth-order valence-corrected chi connectivity index (χ4v) is 2.36. The van der Waals surface area contributed by atoms with Crippen LogP contribution in [0.2, 0.25) is 5.02 Å². The number of hydrogen-bond acceptors (Lipinski definition) is 2. The Morgan fingerprint density at radius 3 is 2.50 bits per heavy atom. The van der Waals surface area contributed by atoms with Gasteiger partial charge in [-0.1, -0.05) is 30.2 Å². The molecule has 1 aliphatic carbocycles. The topological polar surface area (TPSA) is 66.4 Å². The zero-order valence-electron chi connectivity index (χ0n) is 10.00. The minimum Gasteiger partial charge on any atom is -0.480 e. The second-order valence-corrected chi connectivity index (χ2v) is 5.03. The predicted molar refractivity (Wildman–Crippen MR) is 68.7 cm³/mol. The van der Waals surface area contributed by atoms with Crippen molar-refractivity contribution >= 4 is 29.2 Å². The third-order valence-electron chi connectivity index (χ3n) is 3.51. The number of aryl methyl sites for hydroxylation is 1. The lowest BCUT2D eigenvalue weighted by atomic mass is 9.68. The summed E-state index contributed by atoms with van der Waals surface area (Å²) in [7, 11) is 0. The van der Waals surface area contributed by atoms with Gasteiger partial charge in [-0.05, 0) is 31.4 Å². The molecule has 0 aromatic heterocycles. The highest BCUT2D eigenvalue weighted by Crippen LogP contribution is 2.42. The summed E-state index contributed by atoms with van der Waals surface area (Å²) in [4.78, 5) is 23.3. The highest BCUT2D eigenvalue weighted by Gasteiger charge is 2.51. The van der Waals surface area contributed by atoms with Crippen LogP contribution in [0.4, 0.5) is 5.69 Å². The zero-order valence-corrected chi connectivity index (χ0v) is 10.8. The molecule has 1 amide bonds. The van der Waals surface area contributed by atoms with Crippen LogP contribution in [0.15, 0.2) is 18.2 Å². The molecule has 5 heteroatoms. The summed E-state index contributed by atoms with van der Waals surface area (Å²) in [6, 6.07) is 5.26. The lowest BCUT2D eigenvalue weighted by Gasteiger charge is -2.36. The third-order valence-corrected chi connectivity index (χ3v) is 3.83. The molecule has 1 aromatic carbocycles. The monoisotopic (exact) mass is 267 g/mol. The van der Waals surface area contributed by atoms with Crippen molar-refractivity contribution in [3.63, 3.8) is 0 Å². The Balaban J connectivity index is 2.24. The van der Waals surface area contributed by atoms with Gasteiger partial charge in [-0.3, -0.25) is 9.59 Å². The predicted octanol–water partition coefficient (Wildman–Crippen LogP) is 2.84. The molecule has 1 fully saturated rings. The normalized spacial score (nSPS) is 16.8. The number of rotatable bonds is 3. The van der Waals surface area contributed by atoms with Crippen LogP contribution in [0, 0.1) is 12.3 Å². The van der Waals surface area contributed by atoms with Crippen LogP contribution >= 0.6 is 11.6 Å². The van der Waals surface area contributed by atoms with Gasteiger partial charge in [-0.25, -0.2) is 0 Å². The number of hydrogen-bond donors (Lipinski definition) is 2. The molecule has 18 heavy (non-hydrogen) atoms. The standard InChI is InChI=1S/C13H14ClNO3/c1-8-4-2-5-9(14)10(8)15-11(16)13(12(17)18)6-3-7-13/h2,4-5H,3,6-7H2,1H3,(H,15,16)(H,17,18). The molecule has 1 aliphatic rings. The molecule has 0 radical (unpaired) electrons. The van der Waals surface area contributed by atoms with Crippen LogP contribution in [0.3, 0.4) is 0 Å². The lowest BCUT2D eigenvalue weighted by molar-refractivity contribution is -0.159. The number of para-hydroxylation sites is 1. The third kappa shape index (κ3) is 1.97. The minimum absolute atomic E-state index is 0.387. The summed E-state index contributed by atoms with van der Waals surface area (Å²) < 4.78 is 0. The fraction of sp³-hybridized carbons (Fsp3) is 0.385. The number of benzene rings is 1. The largest absolute Gasteiger partial charge is 0.480 e. The lowest BCUT2D eigenvalue weighted by Crippen LogP contribution is -2.48. The second-order valence-electron chi connectivity index (χ2n) is 4.63. The molecule has 0 spiro atoms. The average Bonchev–Trinajstić information content (AvgIpc) is 2.21. The van der Waals surface area contributed by atoms with Gasteiger partial charge < -0.3 is 10.4 Å². The minimum atomic E-state index is -1.27. The molecule has 2 N–H and O–H groups in total. The van der Waals surface area contributed by atoms with Crippen molar-refractivity contribution in [2.24, 2.45) is 5.41 Å². The van der Waals surface area contributed by atoms with Gasteiger partial charge >= 0.3 is 5.97 Å². The van der Waals surface area contributed by atoms with E-state index < -0.39 is 17.3 Å². The van der Waals surface area contributed by atoms with E-state index in [-0.39, 0.29) is 0 Å². The van der Waals surface area contributed by atoms with E-state index in [0.717, 1.165) is 12.0 Å². The SMILES string of the molecule is Cc1cccc(Cl)c1NC(=O)C1(C(=O)O)CCC1. The summed E-state index contributed by atoms with van der Waals surface area (Å²) in [5.41, 5.74) is 0.0402. The van der Waals surface area contributed by atoms with Crippen molar-refractivity contribution in [3.05, 3.63) is 28.8 Å². The molecular formula is C13H14ClNO3. The van der Waals surface area contributed by atoms with E-state index in [4.69, 9.17) is 11.6 Å². The summed E-state index contributed by atoms with van der Waals surface area (Å²) in [6.07, 6.45) is 1.54. The molecule has 0 saturated heterocycles. The first-order valence-corrected chi connectivity index (χ1v) is 6.15. The molecule has 4 nitrogen and oxygen atoms in total. The molecule has 0 aliphatic heterocycles. The number of nitrogens with one attached hydrogen (secondary N) is 1. The van der Waals surface area contributed by atoms with Crippen LogP contribution in [-0.4, -0.2) is 17.0 Å². The van der Waals surface area contributed by atoms with Gasteiger partial charge in [0, 0.05) is 0 Å². The Kier molecular flexibility index (Phi) is 3.30. The Morgan fingerprint density at radius 1 is 1.39 bits per heavy atom. The molecule has 1 saturated carbocycles. The first-order valence-electron chi connectivity index (χ1n) is 5.77. The number of carbonyl (C=O) groups excluding carboxylic acids is 1. The Labute approximate surface area is 110 Å². The highest BCUT2D eigenvalue weighted by atomic mass is 35.5. The summed E-state index contributed by atoms with van der Waals surface area (Å²) >= 11 is 6.00. The number of carbonyl (C=O) groups is 2. The average molecular weight is 268 g/mol. The highest BCUT2D eigenvalue weighted by molar-refractivity contribution is 6.34. The van der Waals surface area contributed by atoms with Gasteiger partial charge in [0.15, 0.2) is 0 Å². The van der Waals surface area contributed by atoms with E-state index in [1.807, 2.05) is 13.0 Å². The van der Waals surface area contributed by atoms with Gasteiger partial charge in [0.05, 0.1) is 10.7 Å². The van der Waals surface area contributed by atoms with Crippen LogP contribution in [0.1, 0.15) is 24.8 Å². The molecule has 0 heterocycles. The number of halogens is 1. The van der Waals surface area contributed by atoms with E-state index in [1.165, 1.54) is 0 Å². The molecule has 0 atom stereocenters. The van der Waals surface area contributed by atoms with E-state index in [1.54, 1.807) is 12.1 Å². The molecule has 0 bridgehead atoms. The van der Waals surface area contributed by atoms with Crippen LogP contribution in [0.5, 0.6) is 0 Å². The molecule has 2 rings (SSSR count). The van der Waals surface area contributed by atoms with E-state index in [0.29, 0.717) is 23.6 Å². The smallest absolute Gasteiger partial charge is 0.319 e. The van der Waals surface area contributed by atoms with Crippen LogP contribution < -0.4 is 5.32 Å². The van der Waals surface area contributed by atoms with Crippen LogP contribution in [-0.2, 0) is 9.59 Å². The van der Waals surface area contributed by atoms with Crippen molar-refractivity contribution in [3.8, 4) is 0 Å². The molecular weight excluding hydrogens is 254 g/mol. The van der Waals surface area contributed by atoms with Gasteiger partial charge in [0.1, 0.15) is 5.41 Å². The number of amides is 1. The van der Waals surface area contributed by atoms with Gasteiger partial charge in [0.25, 0.3) is 0 Å². The Hall–Kier alpha value is -1.55. The van der Waals surface area contributed by atoms with Crippen molar-refractivity contribution in [1.82, 2.24) is 0 Å². The van der Waals surface area contributed by atoms with Crippen LogP contribution in [0.25, 0.3) is 0 Å². The van der Waals surface area contributed by atoms with Crippen molar-refractivity contribution in [2.45, 2.75) is 26.2 Å². The van der Waals surface area contributed by atoms with Gasteiger partial charge in [0.2, 0.25) is 5.91 Å². The van der Waals surface area contributed by atoms with Crippen molar-refractivity contribution in [2.75, 3.05) is 5.32 Å². The maximum atomic E-state index is 12.1. The van der Waals surface area contributed by atoms with E-state index in [9.17, 15) is 14.7 Å². The van der Waals surface area contributed by atoms with E-state index in [2.05, 4.69) is 5.32 Å². The Bertz CT molecular complexity index is 489. The van der Waals surface area contributed by atoms with Gasteiger partial charge in [-0.15, -0.1) is 0 Å². The number of carboxylic acids is 1. The molecule has 0 unspecified atom stereocenters. The quantitative estimate of drug-likeness (QED) is 0.828. The maximum Gasteiger partial charge on any atom is 0.319 e. The summed E-state index contributed by atoms with van der Waals surface area (Å²) in [5.74, 6) is -1.53. The Morgan fingerprint density at radius 2 is 2.06 bits per heavy atom. The van der Waals surface area contributed by atoms with Crippen molar-refractivity contribution < 1.29 is 14.7 Å². The maximum absolute atomic E-state index is 12.1. The molecule has 1 aromatic rings. The molecule has 96 valence electrons. The number of aliphatic carboxylic acids is 1. The number of anilines is 1. The second kappa shape index (κ2) is 4.61. The zero-order chi connectivity index (χ0) is 13.3. The van der Waals surface area contributed by atoms with Gasteiger partial charge in [-0.2, -0.15) is 0 Å². The van der Waals surface area contributed by atoms with Crippen molar-refractivity contribution in [1.29, 1.82) is 0 Å². The first kappa shape index (κ1) is 12.9. The number of carboxylic acid groups (broad SMARTS) is 1. The summed E-state index contributed by atoms with van der Waals surface area (Å²) in [6.45, 7) is 1.82. The summed E-state index contributed by atoms with van der Waals surface area (Å²) in [5, 5.41) is 12.2. The fourth-order valence-electron chi connectivity index (χ4n) is 2.09. The van der Waals surface area contributed by atoms with E-state index >= 15 is 0 Å². The first-order chi connectivity index (χ1) is 8.47.